The first-order valence-electron chi connectivity index (χ1n) is 5.86. The van der Waals surface area contributed by atoms with Gasteiger partial charge in [-0.05, 0) is 23.3 Å². The van der Waals surface area contributed by atoms with Crippen molar-refractivity contribution < 1.29 is 9.84 Å². The molecule has 2 rings (SSSR count). The lowest BCUT2D eigenvalue weighted by atomic mass is 10.0. The molecule has 2 unspecified atom stereocenters. The van der Waals surface area contributed by atoms with Crippen LogP contribution in [0, 0.1) is 16.7 Å². The Labute approximate surface area is 92.2 Å². The Morgan fingerprint density at radius 2 is 1.80 bits per heavy atom. The molecule has 2 atom stereocenters. The van der Waals surface area contributed by atoms with Crippen LogP contribution in [0.2, 0.25) is 0 Å². The van der Waals surface area contributed by atoms with Crippen molar-refractivity contribution in [2.45, 2.75) is 39.8 Å². The topological polar surface area (TPSA) is 41.5 Å². The Morgan fingerprint density at radius 3 is 2.20 bits per heavy atom. The van der Waals surface area contributed by atoms with E-state index in [0.717, 1.165) is 6.54 Å². The van der Waals surface area contributed by atoms with Crippen molar-refractivity contribution >= 4 is 0 Å². The first kappa shape index (κ1) is 11.4. The van der Waals surface area contributed by atoms with E-state index in [-0.39, 0.29) is 12.1 Å². The Morgan fingerprint density at radius 1 is 1.20 bits per heavy atom. The standard InChI is InChI=1S/C12H23NO2/c1-11(2)10(12(11,3)4)5-13-8-6-15-7-9(8)14/h8-10,13-14H,5-7H2,1-4H3. The van der Waals surface area contributed by atoms with Gasteiger partial charge in [0.05, 0.1) is 25.4 Å². The van der Waals surface area contributed by atoms with Gasteiger partial charge in [0.1, 0.15) is 0 Å². The lowest BCUT2D eigenvalue weighted by Gasteiger charge is -2.15. The SMILES string of the molecule is CC1(C)C(CNC2COCC2O)C1(C)C. The highest BCUT2D eigenvalue weighted by Gasteiger charge is 2.64. The van der Waals surface area contributed by atoms with Gasteiger partial charge in [0.25, 0.3) is 0 Å². The van der Waals surface area contributed by atoms with Gasteiger partial charge in [0, 0.05) is 0 Å². The quantitative estimate of drug-likeness (QED) is 0.735. The second-order valence-corrected chi connectivity index (χ2v) is 6.12. The fourth-order valence-corrected chi connectivity index (χ4v) is 2.85. The smallest absolute Gasteiger partial charge is 0.0948 e. The molecule has 3 nitrogen and oxygen atoms in total. The lowest BCUT2D eigenvalue weighted by molar-refractivity contribution is 0.122. The van der Waals surface area contributed by atoms with E-state index in [9.17, 15) is 5.11 Å². The van der Waals surface area contributed by atoms with Crippen molar-refractivity contribution in [2.24, 2.45) is 16.7 Å². The molecule has 0 bridgehead atoms. The maximum atomic E-state index is 9.59. The lowest BCUT2D eigenvalue weighted by Crippen LogP contribution is -2.40. The summed E-state index contributed by atoms with van der Waals surface area (Å²) in [5.74, 6) is 0.706. The Hall–Kier alpha value is -0.120. The molecule has 1 saturated heterocycles. The van der Waals surface area contributed by atoms with Crippen molar-refractivity contribution in [2.75, 3.05) is 19.8 Å². The van der Waals surface area contributed by atoms with Crippen LogP contribution in [0.3, 0.4) is 0 Å². The Balaban J connectivity index is 1.81. The molecule has 3 heteroatoms. The fraction of sp³-hybridized carbons (Fsp3) is 1.00. The van der Waals surface area contributed by atoms with E-state index in [1.807, 2.05) is 0 Å². The Bertz CT molecular complexity index is 236. The number of hydrogen-bond donors (Lipinski definition) is 2. The van der Waals surface area contributed by atoms with Crippen LogP contribution in [-0.2, 0) is 4.74 Å². The molecule has 0 spiro atoms. The summed E-state index contributed by atoms with van der Waals surface area (Å²) in [7, 11) is 0. The number of hydrogen-bond acceptors (Lipinski definition) is 3. The van der Waals surface area contributed by atoms with Crippen molar-refractivity contribution in [3.8, 4) is 0 Å². The number of ether oxygens (including phenoxy) is 1. The molecule has 1 aliphatic heterocycles. The van der Waals surface area contributed by atoms with E-state index < -0.39 is 0 Å². The van der Waals surface area contributed by atoms with Crippen molar-refractivity contribution in [1.29, 1.82) is 0 Å². The molecular weight excluding hydrogens is 190 g/mol. The maximum absolute atomic E-state index is 9.59. The molecule has 88 valence electrons. The van der Waals surface area contributed by atoms with Crippen LogP contribution in [0.15, 0.2) is 0 Å². The van der Waals surface area contributed by atoms with Gasteiger partial charge in [-0.3, -0.25) is 0 Å². The van der Waals surface area contributed by atoms with Gasteiger partial charge in [-0.2, -0.15) is 0 Å². The molecule has 1 heterocycles. The van der Waals surface area contributed by atoms with Crippen molar-refractivity contribution in [3.05, 3.63) is 0 Å². The van der Waals surface area contributed by atoms with E-state index in [2.05, 4.69) is 33.0 Å². The van der Waals surface area contributed by atoms with E-state index in [1.54, 1.807) is 0 Å². The van der Waals surface area contributed by atoms with Crippen LogP contribution >= 0.6 is 0 Å². The molecule has 0 amide bonds. The van der Waals surface area contributed by atoms with Gasteiger partial charge in [-0.15, -0.1) is 0 Å². The zero-order valence-electron chi connectivity index (χ0n) is 10.2. The summed E-state index contributed by atoms with van der Waals surface area (Å²) in [5.41, 5.74) is 0.842. The van der Waals surface area contributed by atoms with Gasteiger partial charge >= 0.3 is 0 Å². The predicted octanol–water partition coefficient (Wildman–Crippen LogP) is 1.02. The first-order valence-corrected chi connectivity index (χ1v) is 5.86. The number of aliphatic hydroxyl groups is 1. The highest BCUT2D eigenvalue weighted by Crippen LogP contribution is 2.67. The fourth-order valence-electron chi connectivity index (χ4n) is 2.85. The largest absolute Gasteiger partial charge is 0.389 e. The molecule has 2 N–H and O–H groups in total. The van der Waals surface area contributed by atoms with Crippen molar-refractivity contribution in [1.82, 2.24) is 5.32 Å². The van der Waals surface area contributed by atoms with Crippen LogP contribution in [0.1, 0.15) is 27.7 Å². The van der Waals surface area contributed by atoms with E-state index in [1.165, 1.54) is 0 Å². The molecule has 0 aromatic carbocycles. The highest BCUT2D eigenvalue weighted by molar-refractivity contribution is 5.13. The third-order valence-corrected chi connectivity index (χ3v) is 4.95. The predicted molar refractivity (Wildman–Crippen MR) is 59.7 cm³/mol. The molecule has 0 radical (unpaired) electrons. The van der Waals surface area contributed by atoms with Gasteiger partial charge in [0.2, 0.25) is 0 Å². The minimum absolute atomic E-state index is 0.136. The average molecular weight is 213 g/mol. The minimum Gasteiger partial charge on any atom is -0.389 e. The summed E-state index contributed by atoms with van der Waals surface area (Å²) in [6, 6.07) is 0.136. The average Bonchev–Trinajstić information content (AvgIpc) is 2.49. The van der Waals surface area contributed by atoms with Crippen LogP contribution in [0.25, 0.3) is 0 Å². The summed E-state index contributed by atoms with van der Waals surface area (Å²) < 4.78 is 5.21. The van der Waals surface area contributed by atoms with Gasteiger partial charge in [0.15, 0.2) is 0 Å². The summed E-state index contributed by atoms with van der Waals surface area (Å²) in [4.78, 5) is 0. The summed E-state index contributed by atoms with van der Waals surface area (Å²) in [6.45, 7) is 11.4. The van der Waals surface area contributed by atoms with Gasteiger partial charge in [-0.25, -0.2) is 0 Å². The zero-order chi connectivity index (χ0) is 11.3. The molecule has 2 fully saturated rings. The van der Waals surface area contributed by atoms with Crippen LogP contribution in [0.5, 0.6) is 0 Å². The third kappa shape index (κ3) is 1.71. The van der Waals surface area contributed by atoms with Crippen molar-refractivity contribution in [3.63, 3.8) is 0 Å². The second-order valence-electron chi connectivity index (χ2n) is 6.12. The second kappa shape index (κ2) is 3.44. The molecule has 1 saturated carbocycles. The van der Waals surface area contributed by atoms with E-state index in [0.29, 0.717) is 30.0 Å². The maximum Gasteiger partial charge on any atom is 0.0948 e. The monoisotopic (exact) mass is 213 g/mol. The number of aliphatic hydroxyl groups excluding tert-OH is 1. The molecule has 2 aliphatic rings. The molecule has 0 aromatic heterocycles. The molecule has 0 aromatic rings. The number of rotatable bonds is 3. The van der Waals surface area contributed by atoms with Gasteiger partial charge < -0.3 is 15.2 Å². The highest BCUT2D eigenvalue weighted by atomic mass is 16.5. The summed E-state index contributed by atoms with van der Waals surface area (Å²) >= 11 is 0. The third-order valence-electron chi connectivity index (χ3n) is 4.95. The molecule has 15 heavy (non-hydrogen) atoms. The van der Waals surface area contributed by atoms with E-state index >= 15 is 0 Å². The normalized spacial score (nSPS) is 38.2. The van der Waals surface area contributed by atoms with Crippen LogP contribution < -0.4 is 5.32 Å². The van der Waals surface area contributed by atoms with Crippen LogP contribution in [0.4, 0.5) is 0 Å². The summed E-state index contributed by atoms with van der Waals surface area (Å²) in [5, 5.41) is 13.0. The van der Waals surface area contributed by atoms with Gasteiger partial charge in [-0.1, -0.05) is 27.7 Å². The zero-order valence-corrected chi connectivity index (χ0v) is 10.2. The minimum atomic E-state index is -0.324. The Kier molecular flexibility index (Phi) is 2.61. The first-order chi connectivity index (χ1) is 6.87. The molecular formula is C12H23NO2. The number of nitrogens with one attached hydrogen (secondary N) is 1. The van der Waals surface area contributed by atoms with E-state index in [4.69, 9.17) is 4.74 Å². The summed E-state index contributed by atoms with van der Waals surface area (Å²) in [6.07, 6.45) is -0.324. The molecule has 1 aliphatic carbocycles. The van der Waals surface area contributed by atoms with Crippen LogP contribution in [-0.4, -0.2) is 37.0 Å².